The quantitative estimate of drug-likeness (QED) is 0.812. The maximum Gasteiger partial charge on any atom is 0.0802 e. The van der Waals surface area contributed by atoms with Crippen molar-refractivity contribution >= 4 is 22.9 Å². The summed E-state index contributed by atoms with van der Waals surface area (Å²) in [5.74, 6) is 0.335. The minimum absolute atomic E-state index is 0.335. The molecule has 0 aliphatic heterocycles. The number of aliphatic hydroxyl groups is 1. The summed E-state index contributed by atoms with van der Waals surface area (Å²) in [6, 6.07) is 10.0. The molecule has 1 aromatic heterocycles. The molecule has 16 heavy (non-hydrogen) atoms. The van der Waals surface area contributed by atoms with Gasteiger partial charge in [-0.25, -0.2) is 0 Å². The molecule has 2 atom stereocenters. The van der Waals surface area contributed by atoms with Crippen LogP contribution in [0.3, 0.4) is 0 Å². The average Bonchev–Trinajstić information content (AvgIpc) is 2.87. The lowest BCUT2D eigenvalue weighted by atomic mass is 10.00. The summed E-state index contributed by atoms with van der Waals surface area (Å²) in [7, 11) is 0. The average molecular weight is 251 g/mol. The Morgan fingerprint density at radius 1 is 1.25 bits per heavy atom. The van der Waals surface area contributed by atoms with Crippen LogP contribution in [0.5, 0.6) is 0 Å². The molecule has 0 fully saturated rings. The Bertz CT molecular complexity index is 507. The molecule has 0 bridgehead atoms. The standard InChI is InChI=1S/C13H11ClOS/c14-8-3-4-9-10(6-8)12(15)7-11(9)13-2-1-5-16-13/h1-6,11-12,15H,7H2/t11-,12+/m1/s1. The van der Waals surface area contributed by atoms with Crippen molar-refractivity contribution in [3.05, 3.63) is 56.7 Å². The van der Waals surface area contributed by atoms with E-state index < -0.39 is 0 Å². The molecule has 1 heterocycles. The second-order valence-corrected chi connectivity index (χ2v) is 5.51. The first-order chi connectivity index (χ1) is 7.75. The van der Waals surface area contributed by atoms with E-state index in [-0.39, 0.29) is 6.10 Å². The lowest BCUT2D eigenvalue weighted by Gasteiger charge is -2.08. The van der Waals surface area contributed by atoms with Crippen molar-refractivity contribution in [1.29, 1.82) is 0 Å². The zero-order chi connectivity index (χ0) is 11.1. The smallest absolute Gasteiger partial charge is 0.0802 e. The monoisotopic (exact) mass is 250 g/mol. The maximum absolute atomic E-state index is 10.0. The maximum atomic E-state index is 10.0. The van der Waals surface area contributed by atoms with Crippen LogP contribution in [0.4, 0.5) is 0 Å². The van der Waals surface area contributed by atoms with Gasteiger partial charge in [-0.05, 0) is 41.1 Å². The molecule has 1 aliphatic carbocycles. The van der Waals surface area contributed by atoms with Crippen LogP contribution in [0.1, 0.15) is 34.4 Å². The second-order valence-electron chi connectivity index (χ2n) is 4.09. The van der Waals surface area contributed by atoms with Crippen LogP contribution >= 0.6 is 22.9 Å². The molecule has 3 rings (SSSR count). The Kier molecular flexibility index (Phi) is 2.51. The van der Waals surface area contributed by atoms with E-state index in [4.69, 9.17) is 11.6 Å². The van der Waals surface area contributed by atoms with Gasteiger partial charge in [0.2, 0.25) is 0 Å². The fraction of sp³-hybridized carbons (Fsp3) is 0.231. The molecule has 82 valence electrons. The molecule has 2 aromatic rings. The number of benzene rings is 1. The third kappa shape index (κ3) is 1.58. The summed E-state index contributed by atoms with van der Waals surface area (Å²) in [6.45, 7) is 0. The molecule has 0 unspecified atom stereocenters. The molecule has 1 nitrogen and oxygen atoms in total. The van der Waals surface area contributed by atoms with E-state index in [2.05, 4.69) is 17.5 Å². The minimum Gasteiger partial charge on any atom is -0.388 e. The fourth-order valence-electron chi connectivity index (χ4n) is 2.39. The normalized spacial score (nSPS) is 23.4. The zero-order valence-corrected chi connectivity index (χ0v) is 10.1. The van der Waals surface area contributed by atoms with Gasteiger partial charge in [0.15, 0.2) is 0 Å². The summed E-state index contributed by atoms with van der Waals surface area (Å²) in [4.78, 5) is 1.32. The highest BCUT2D eigenvalue weighted by molar-refractivity contribution is 7.10. The van der Waals surface area contributed by atoms with Gasteiger partial charge < -0.3 is 5.11 Å². The predicted octanol–water partition coefficient (Wildman–Crippen LogP) is 3.97. The van der Waals surface area contributed by atoms with Crippen LogP contribution in [0.15, 0.2) is 35.7 Å². The van der Waals surface area contributed by atoms with Crippen molar-refractivity contribution in [3.63, 3.8) is 0 Å². The first-order valence-corrected chi connectivity index (χ1v) is 6.52. The van der Waals surface area contributed by atoms with Gasteiger partial charge in [-0.15, -0.1) is 11.3 Å². The molecule has 0 spiro atoms. The van der Waals surface area contributed by atoms with E-state index in [0.717, 1.165) is 12.0 Å². The highest BCUT2D eigenvalue weighted by Gasteiger charge is 2.31. The Morgan fingerprint density at radius 3 is 2.88 bits per heavy atom. The van der Waals surface area contributed by atoms with E-state index in [1.165, 1.54) is 10.4 Å². The summed E-state index contributed by atoms with van der Waals surface area (Å²) in [6.07, 6.45) is 0.400. The summed E-state index contributed by atoms with van der Waals surface area (Å²) >= 11 is 7.70. The van der Waals surface area contributed by atoms with E-state index in [0.29, 0.717) is 10.9 Å². The van der Waals surface area contributed by atoms with Crippen molar-refractivity contribution < 1.29 is 5.11 Å². The Labute approximate surface area is 103 Å². The van der Waals surface area contributed by atoms with Gasteiger partial charge >= 0.3 is 0 Å². The van der Waals surface area contributed by atoms with Crippen LogP contribution in [0, 0.1) is 0 Å². The van der Waals surface area contributed by atoms with Gasteiger partial charge in [0, 0.05) is 15.8 Å². The molecule has 1 N–H and O–H groups in total. The van der Waals surface area contributed by atoms with E-state index in [1.54, 1.807) is 11.3 Å². The Balaban J connectivity index is 2.09. The van der Waals surface area contributed by atoms with Gasteiger partial charge in [-0.1, -0.05) is 23.7 Å². The van der Waals surface area contributed by atoms with Crippen molar-refractivity contribution in [1.82, 2.24) is 0 Å². The van der Waals surface area contributed by atoms with E-state index in [9.17, 15) is 5.11 Å². The fourth-order valence-corrected chi connectivity index (χ4v) is 3.43. The number of fused-ring (bicyclic) bond motifs is 1. The molecule has 3 heteroatoms. The minimum atomic E-state index is -0.374. The van der Waals surface area contributed by atoms with Gasteiger partial charge in [0.25, 0.3) is 0 Å². The van der Waals surface area contributed by atoms with Crippen molar-refractivity contribution in [2.75, 3.05) is 0 Å². The van der Waals surface area contributed by atoms with Gasteiger partial charge in [0.05, 0.1) is 6.10 Å². The summed E-state index contributed by atoms with van der Waals surface area (Å²) in [5, 5.41) is 12.8. The zero-order valence-electron chi connectivity index (χ0n) is 8.56. The van der Waals surface area contributed by atoms with E-state index >= 15 is 0 Å². The topological polar surface area (TPSA) is 20.2 Å². The molecule has 1 aromatic carbocycles. The third-order valence-corrected chi connectivity index (χ3v) is 4.35. The second kappa shape index (κ2) is 3.88. The van der Waals surface area contributed by atoms with E-state index in [1.807, 2.05) is 18.2 Å². The van der Waals surface area contributed by atoms with Crippen molar-refractivity contribution in [3.8, 4) is 0 Å². The van der Waals surface area contributed by atoms with Gasteiger partial charge in [-0.3, -0.25) is 0 Å². The first kappa shape index (κ1) is 10.3. The highest BCUT2D eigenvalue weighted by atomic mass is 35.5. The molecular weight excluding hydrogens is 240 g/mol. The summed E-state index contributed by atoms with van der Waals surface area (Å²) in [5.41, 5.74) is 2.21. The lowest BCUT2D eigenvalue weighted by molar-refractivity contribution is 0.176. The molecule has 0 saturated carbocycles. The first-order valence-electron chi connectivity index (χ1n) is 5.26. The Hall–Kier alpha value is -0.830. The highest BCUT2D eigenvalue weighted by Crippen LogP contribution is 2.45. The van der Waals surface area contributed by atoms with Crippen LogP contribution in [0.2, 0.25) is 5.02 Å². The predicted molar refractivity (Wildman–Crippen MR) is 67.2 cm³/mol. The van der Waals surface area contributed by atoms with Crippen LogP contribution < -0.4 is 0 Å². The number of thiophene rings is 1. The SMILES string of the molecule is O[C@H]1C[C@@H](c2cccs2)c2ccc(Cl)cc21. The Morgan fingerprint density at radius 2 is 2.12 bits per heavy atom. The van der Waals surface area contributed by atoms with Crippen LogP contribution in [-0.2, 0) is 0 Å². The molecule has 0 amide bonds. The molecule has 0 saturated heterocycles. The van der Waals surface area contributed by atoms with Gasteiger partial charge in [0.1, 0.15) is 0 Å². The molecule has 0 radical (unpaired) electrons. The van der Waals surface area contributed by atoms with Crippen LogP contribution in [-0.4, -0.2) is 5.11 Å². The van der Waals surface area contributed by atoms with Crippen molar-refractivity contribution in [2.45, 2.75) is 18.4 Å². The third-order valence-electron chi connectivity index (χ3n) is 3.13. The molecule has 1 aliphatic rings. The molecular formula is C13H11ClOS. The number of hydrogen-bond donors (Lipinski definition) is 1. The number of aliphatic hydroxyl groups excluding tert-OH is 1. The van der Waals surface area contributed by atoms with Gasteiger partial charge in [-0.2, -0.15) is 0 Å². The van der Waals surface area contributed by atoms with Crippen LogP contribution in [0.25, 0.3) is 0 Å². The lowest BCUT2D eigenvalue weighted by Crippen LogP contribution is -1.92. The number of hydrogen-bond acceptors (Lipinski definition) is 2. The van der Waals surface area contributed by atoms with Crippen molar-refractivity contribution in [2.24, 2.45) is 0 Å². The number of rotatable bonds is 1. The summed E-state index contributed by atoms with van der Waals surface area (Å²) < 4.78 is 0. The number of halogens is 1. The largest absolute Gasteiger partial charge is 0.388 e.